The molecule has 4 atom stereocenters. The zero-order valence-electron chi connectivity index (χ0n) is 21.0. The van der Waals surface area contributed by atoms with Gasteiger partial charge >= 0.3 is 25.5 Å². The molecule has 2 rings (SSSR count). The van der Waals surface area contributed by atoms with Crippen LogP contribution in [0.1, 0.15) is 31.9 Å². The van der Waals surface area contributed by atoms with Crippen LogP contribution in [0.15, 0.2) is 65.8 Å². The highest BCUT2D eigenvalue weighted by Crippen LogP contribution is 2.55. The van der Waals surface area contributed by atoms with Crippen LogP contribution in [0, 0.1) is 0 Å². The van der Waals surface area contributed by atoms with Crippen LogP contribution in [0.5, 0.6) is 0 Å². The molecule has 206 valence electrons. The SMILES string of the molecule is CC(=O)O[C@@H]([C@H](OC(C)=O)[C@H](O)P(=O)(OCc1ccccc1)OCc1ccccc1)[C@H](C=NO)OC(C)=O. The molecule has 0 aliphatic rings. The Bertz CT molecular complexity index is 1080. The third kappa shape index (κ3) is 9.71. The summed E-state index contributed by atoms with van der Waals surface area (Å²) in [6, 6.07) is 17.2. The molecule has 0 saturated heterocycles. The van der Waals surface area contributed by atoms with E-state index in [1.54, 1.807) is 60.7 Å². The van der Waals surface area contributed by atoms with E-state index in [0.717, 1.165) is 20.8 Å². The summed E-state index contributed by atoms with van der Waals surface area (Å²) in [6.07, 6.45) is -4.73. The lowest BCUT2D eigenvalue weighted by atomic mass is 10.1. The van der Waals surface area contributed by atoms with Gasteiger partial charge in [0.2, 0.25) is 0 Å². The van der Waals surface area contributed by atoms with Crippen LogP contribution < -0.4 is 0 Å². The summed E-state index contributed by atoms with van der Waals surface area (Å²) in [4.78, 5) is 35.6. The highest BCUT2D eigenvalue weighted by Gasteiger charge is 2.50. The number of oxime groups is 1. The second kappa shape index (κ2) is 15.0. The summed E-state index contributed by atoms with van der Waals surface area (Å²) in [5.74, 6) is -5.03. The minimum Gasteiger partial charge on any atom is -0.455 e. The first-order chi connectivity index (χ1) is 18.1. The molecule has 0 aliphatic carbocycles. The van der Waals surface area contributed by atoms with E-state index in [2.05, 4.69) is 5.16 Å². The quantitative estimate of drug-likeness (QED) is 0.0884. The lowest BCUT2D eigenvalue weighted by Gasteiger charge is -2.35. The van der Waals surface area contributed by atoms with E-state index >= 15 is 0 Å². The van der Waals surface area contributed by atoms with Crippen molar-refractivity contribution in [3.05, 3.63) is 71.8 Å². The van der Waals surface area contributed by atoms with E-state index in [9.17, 15) is 24.1 Å². The van der Waals surface area contributed by atoms with Gasteiger partial charge in [0.1, 0.15) is 0 Å². The van der Waals surface area contributed by atoms with E-state index in [1.165, 1.54) is 0 Å². The topological polar surface area (TPSA) is 167 Å². The molecule has 38 heavy (non-hydrogen) atoms. The van der Waals surface area contributed by atoms with Crippen molar-refractivity contribution in [2.45, 2.75) is 58.1 Å². The fourth-order valence-corrected chi connectivity index (χ4v) is 4.92. The molecule has 0 amide bonds. The number of nitrogens with zero attached hydrogens (tertiary/aromatic N) is 1. The van der Waals surface area contributed by atoms with E-state index in [0.29, 0.717) is 17.3 Å². The van der Waals surface area contributed by atoms with Crippen LogP contribution in [-0.2, 0) is 55.4 Å². The zero-order chi connectivity index (χ0) is 28.1. The standard InChI is InChI=1S/C25H30NO11P/c1-17(27)35-22(14-26-31)23(36-18(2)28)24(37-19(3)29)25(30)38(32,33-15-20-10-6-4-7-11-20)34-16-21-12-8-5-9-13-21/h4-14,22-25,30-31H,15-16H2,1-3H3/t22-,23+,24-,25+/m0/s1. The number of aliphatic hydroxyl groups excluding tert-OH is 1. The molecule has 0 bridgehead atoms. The molecule has 0 fully saturated rings. The van der Waals surface area contributed by atoms with E-state index < -0.39 is 49.7 Å². The average Bonchev–Trinajstić information content (AvgIpc) is 2.88. The number of hydrogen-bond acceptors (Lipinski definition) is 12. The fourth-order valence-electron chi connectivity index (χ4n) is 3.29. The van der Waals surface area contributed by atoms with Crippen LogP contribution in [0.2, 0.25) is 0 Å². The summed E-state index contributed by atoms with van der Waals surface area (Å²) < 4.78 is 40.7. The third-order valence-corrected chi connectivity index (χ3v) is 6.81. The van der Waals surface area contributed by atoms with Gasteiger partial charge in [0.05, 0.1) is 19.4 Å². The van der Waals surface area contributed by atoms with Gasteiger partial charge in [0.15, 0.2) is 24.2 Å². The van der Waals surface area contributed by atoms with Gasteiger partial charge in [-0.25, -0.2) is 0 Å². The number of ether oxygens (including phenoxy) is 3. The van der Waals surface area contributed by atoms with Crippen LogP contribution in [0.3, 0.4) is 0 Å². The van der Waals surface area contributed by atoms with Crippen molar-refractivity contribution in [1.82, 2.24) is 0 Å². The molecule has 13 heteroatoms. The highest BCUT2D eigenvalue weighted by atomic mass is 31.2. The zero-order valence-corrected chi connectivity index (χ0v) is 21.9. The molecule has 0 unspecified atom stereocenters. The Balaban J connectivity index is 2.51. The number of carbonyl (C=O) groups excluding carboxylic acids is 3. The molecule has 12 nitrogen and oxygen atoms in total. The van der Waals surface area contributed by atoms with Gasteiger partial charge in [-0.3, -0.25) is 18.9 Å². The molecule has 0 heterocycles. The summed E-state index contributed by atoms with van der Waals surface area (Å²) in [6.45, 7) is 2.49. The highest BCUT2D eigenvalue weighted by molar-refractivity contribution is 7.54. The minimum atomic E-state index is -4.60. The van der Waals surface area contributed by atoms with Crippen molar-refractivity contribution in [2.24, 2.45) is 5.16 Å². The lowest BCUT2D eigenvalue weighted by molar-refractivity contribution is -0.183. The van der Waals surface area contributed by atoms with Crippen LogP contribution in [-0.4, -0.2) is 58.6 Å². The molecule has 2 aromatic rings. The number of rotatable bonds is 14. The number of benzene rings is 2. The predicted molar refractivity (Wildman–Crippen MR) is 133 cm³/mol. The molecule has 0 saturated carbocycles. The van der Waals surface area contributed by atoms with Crippen molar-refractivity contribution < 1.29 is 52.5 Å². The first-order valence-electron chi connectivity index (χ1n) is 11.4. The van der Waals surface area contributed by atoms with E-state index in [1.807, 2.05) is 0 Å². The number of hydrogen-bond donors (Lipinski definition) is 2. The monoisotopic (exact) mass is 551 g/mol. The van der Waals surface area contributed by atoms with Gasteiger partial charge in [-0.2, -0.15) is 0 Å². The van der Waals surface area contributed by atoms with Crippen molar-refractivity contribution in [3.63, 3.8) is 0 Å². The molecule has 2 N–H and O–H groups in total. The predicted octanol–water partition coefficient (Wildman–Crippen LogP) is 3.19. The van der Waals surface area contributed by atoms with Gasteiger partial charge in [0.25, 0.3) is 0 Å². The van der Waals surface area contributed by atoms with Crippen molar-refractivity contribution >= 4 is 31.7 Å². The maximum absolute atomic E-state index is 14.1. The summed E-state index contributed by atoms with van der Waals surface area (Å²) >= 11 is 0. The lowest BCUT2D eigenvalue weighted by Crippen LogP contribution is -2.51. The Kier molecular flexibility index (Phi) is 12.1. The Morgan fingerprint density at radius 2 is 1.21 bits per heavy atom. The first kappa shape index (κ1) is 30.7. The van der Waals surface area contributed by atoms with E-state index in [-0.39, 0.29) is 13.2 Å². The average molecular weight is 551 g/mol. The van der Waals surface area contributed by atoms with Gasteiger partial charge in [0, 0.05) is 20.8 Å². The molecule has 2 aromatic carbocycles. The first-order valence-corrected chi connectivity index (χ1v) is 13.0. The summed E-state index contributed by atoms with van der Waals surface area (Å²) in [5.41, 5.74) is 1.18. The van der Waals surface area contributed by atoms with Crippen LogP contribution in [0.25, 0.3) is 0 Å². The van der Waals surface area contributed by atoms with Gasteiger partial charge < -0.3 is 33.6 Å². The summed E-state index contributed by atoms with van der Waals surface area (Å²) in [7, 11) is -4.60. The minimum absolute atomic E-state index is 0.263. The molecular weight excluding hydrogens is 521 g/mol. The Labute approximate surface area is 219 Å². The maximum atomic E-state index is 14.1. The van der Waals surface area contributed by atoms with Crippen molar-refractivity contribution in [1.29, 1.82) is 0 Å². The van der Waals surface area contributed by atoms with Gasteiger partial charge in [-0.15, -0.1) is 0 Å². The molecule has 0 aliphatic heterocycles. The van der Waals surface area contributed by atoms with Crippen molar-refractivity contribution in [2.75, 3.05) is 0 Å². The largest absolute Gasteiger partial charge is 0.455 e. The molecule has 0 spiro atoms. The summed E-state index contributed by atoms with van der Waals surface area (Å²) in [5, 5.41) is 23.2. The fraction of sp³-hybridized carbons (Fsp3) is 0.360. The third-order valence-electron chi connectivity index (χ3n) is 4.89. The number of esters is 3. The number of aliphatic hydroxyl groups is 1. The van der Waals surface area contributed by atoms with Gasteiger partial charge in [-0.05, 0) is 11.1 Å². The van der Waals surface area contributed by atoms with Crippen LogP contribution in [0.4, 0.5) is 0 Å². The Hall–Kier alpha value is -3.57. The van der Waals surface area contributed by atoms with Crippen molar-refractivity contribution in [3.8, 4) is 0 Å². The smallest absolute Gasteiger partial charge is 0.363 e. The Morgan fingerprint density at radius 1 is 0.789 bits per heavy atom. The van der Waals surface area contributed by atoms with E-state index in [4.69, 9.17) is 28.5 Å². The molecule has 0 radical (unpaired) electrons. The number of carbonyl (C=O) groups is 3. The molecule has 0 aromatic heterocycles. The second-order valence-electron chi connectivity index (χ2n) is 7.96. The normalized spacial score (nSPS) is 14.7. The Morgan fingerprint density at radius 3 is 1.61 bits per heavy atom. The maximum Gasteiger partial charge on any atom is 0.363 e. The molecular formula is C25H30NO11P. The van der Waals surface area contributed by atoms with Gasteiger partial charge in [-0.1, -0.05) is 65.8 Å². The second-order valence-corrected chi connectivity index (χ2v) is 10.1. The van der Waals surface area contributed by atoms with Crippen LogP contribution >= 0.6 is 7.60 Å².